The highest BCUT2D eigenvalue weighted by Gasteiger charge is 2.37. The fraction of sp³-hybridized carbons (Fsp3) is 0.846. The Morgan fingerprint density at radius 3 is 2.89 bits per heavy atom. The number of hydrogen-bond acceptors (Lipinski definition) is 5. The van der Waals surface area contributed by atoms with Crippen molar-refractivity contribution in [2.45, 2.75) is 56.8 Å². The Bertz CT molecular complexity index is 285. The molecule has 0 amide bonds. The van der Waals surface area contributed by atoms with Crippen LogP contribution in [0.15, 0.2) is 0 Å². The zero-order valence-corrected chi connectivity index (χ0v) is 10.5. The summed E-state index contributed by atoms with van der Waals surface area (Å²) >= 11 is 0. The minimum Gasteiger partial charge on any atom is -0.464 e. The number of rotatable bonds is 7. The molecule has 0 saturated carbocycles. The summed E-state index contributed by atoms with van der Waals surface area (Å²) in [6, 6.07) is 0. The fourth-order valence-corrected chi connectivity index (χ4v) is 2.15. The van der Waals surface area contributed by atoms with Crippen LogP contribution >= 0.6 is 0 Å². The highest BCUT2D eigenvalue weighted by molar-refractivity contribution is 5.74. The number of hydrogen-bond donors (Lipinski definition) is 0. The lowest BCUT2D eigenvalue weighted by molar-refractivity contribution is -0.160. The molecule has 0 radical (unpaired) electrons. The first-order valence-corrected chi connectivity index (χ1v) is 6.70. The topological polar surface area (TPSA) is 65.1 Å². The third-order valence-corrected chi connectivity index (χ3v) is 3.33. The number of esters is 1. The van der Waals surface area contributed by atoms with Crippen LogP contribution in [-0.4, -0.2) is 43.8 Å². The fourth-order valence-electron chi connectivity index (χ4n) is 2.15. The monoisotopic (exact) mass is 256 g/mol. The Morgan fingerprint density at radius 1 is 1.33 bits per heavy atom. The molecule has 102 valence electrons. The van der Waals surface area contributed by atoms with Crippen molar-refractivity contribution >= 4 is 12.3 Å². The van der Waals surface area contributed by atoms with E-state index in [4.69, 9.17) is 14.2 Å². The van der Waals surface area contributed by atoms with Gasteiger partial charge in [-0.3, -0.25) is 0 Å². The van der Waals surface area contributed by atoms with Gasteiger partial charge in [0.15, 0.2) is 12.4 Å². The summed E-state index contributed by atoms with van der Waals surface area (Å²) in [7, 11) is 0. The van der Waals surface area contributed by atoms with Gasteiger partial charge in [0, 0.05) is 6.61 Å². The van der Waals surface area contributed by atoms with E-state index in [9.17, 15) is 9.59 Å². The van der Waals surface area contributed by atoms with Crippen LogP contribution in [0, 0.1) is 0 Å². The molecule has 0 aromatic carbocycles. The van der Waals surface area contributed by atoms with Crippen LogP contribution in [0.4, 0.5) is 0 Å². The molecule has 3 atom stereocenters. The predicted molar refractivity (Wildman–Crippen MR) is 63.1 cm³/mol. The van der Waals surface area contributed by atoms with Gasteiger partial charge in [0.1, 0.15) is 6.10 Å². The second-order valence-electron chi connectivity index (χ2n) is 4.79. The summed E-state index contributed by atoms with van der Waals surface area (Å²) in [6.07, 6.45) is 5.81. The molecule has 2 fully saturated rings. The maximum Gasteiger partial charge on any atom is 0.335 e. The SMILES string of the molecule is O=C[C@@H]1O[C@H]1CCCCOC(=O)C1CCCCO1. The smallest absolute Gasteiger partial charge is 0.335 e. The van der Waals surface area contributed by atoms with Crippen LogP contribution in [-0.2, 0) is 23.8 Å². The molecule has 2 aliphatic heterocycles. The molecule has 0 N–H and O–H groups in total. The molecule has 5 nitrogen and oxygen atoms in total. The molecular weight excluding hydrogens is 236 g/mol. The van der Waals surface area contributed by atoms with E-state index in [1.54, 1.807) is 0 Å². The van der Waals surface area contributed by atoms with E-state index >= 15 is 0 Å². The normalized spacial score (nSPS) is 30.8. The van der Waals surface area contributed by atoms with Crippen LogP contribution in [0.5, 0.6) is 0 Å². The summed E-state index contributed by atoms with van der Waals surface area (Å²) < 4.78 is 15.6. The lowest BCUT2D eigenvalue weighted by Crippen LogP contribution is -2.30. The molecule has 2 heterocycles. The summed E-state index contributed by atoms with van der Waals surface area (Å²) in [5.41, 5.74) is 0. The first-order valence-electron chi connectivity index (χ1n) is 6.70. The minimum atomic E-state index is -0.357. The zero-order valence-electron chi connectivity index (χ0n) is 10.5. The van der Waals surface area contributed by atoms with Crippen molar-refractivity contribution in [3.8, 4) is 0 Å². The van der Waals surface area contributed by atoms with E-state index in [1.165, 1.54) is 0 Å². The second-order valence-corrected chi connectivity index (χ2v) is 4.79. The van der Waals surface area contributed by atoms with Gasteiger partial charge >= 0.3 is 5.97 Å². The standard InChI is InChI=1S/C13H20O5/c14-9-12-10(18-12)5-1-4-8-17-13(15)11-6-2-3-7-16-11/h9-12H,1-8H2/t10-,11?,12-/m0/s1. The van der Waals surface area contributed by atoms with Crippen LogP contribution in [0.25, 0.3) is 0 Å². The number of carbonyl (C=O) groups excluding carboxylic acids is 2. The molecule has 0 aliphatic carbocycles. The number of ether oxygens (including phenoxy) is 3. The quantitative estimate of drug-likeness (QED) is 0.297. The molecule has 2 rings (SSSR count). The van der Waals surface area contributed by atoms with Crippen molar-refractivity contribution in [1.29, 1.82) is 0 Å². The van der Waals surface area contributed by atoms with Gasteiger partial charge in [-0.2, -0.15) is 0 Å². The van der Waals surface area contributed by atoms with Crippen LogP contribution in [0.1, 0.15) is 38.5 Å². The Balaban J connectivity index is 1.47. The van der Waals surface area contributed by atoms with Crippen LogP contribution in [0.2, 0.25) is 0 Å². The first-order chi connectivity index (χ1) is 8.81. The molecule has 0 aromatic rings. The van der Waals surface area contributed by atoms with E-state index in [0.717, 1.165) is 44.8 Å². The van der Waals surface area contributed by atoms with Gasteiger partial charge in [-0.05, 0) is 38.5 Å². The second kappa shape index (κ2) is 6.85. The molecule has 0 aromatic heterocycles. The molecule has 2 saturated heterocycles. The lowest BCUT2D eigenvalue weighted by atomic mass is 10.1. The van der Waals surface area contributed by atoms with Gasteiger partial charge in [-0.25, -0.2) is 4.79 Å². The van der Waals surface area contributed by atoms with Crippen molar-refractivity contribution in [2.24, 2.45) is 0 Å². The van der Waals surface area contributed by atoms with Crippen LogP contribution < -0.4 is 0 Å². The van der Waals surface area contributed by atoms with E-state index in [-0.39, 0.29) is 24.3 Å². The van der Waals surface area contributed by atoms with E-state index < -0.39 is 0 Å². The first kappa shape index (κ1) is 13.5. The average molecular weight is 256 g/mol. The molecule has 1 unspecified atom stereocenters. The van der Waals surface area contributed by atoms with Gasteiger partial charge < -0.3 is 19.0 Å². The third kappa shape index (κ3) is 4.07. The van der Waals surface area contributed by atoms with Crippen LogP contribution in [0.3, 0.4) is 0 Å². The summed E-state index contributed by atoms with van der Waals surface area (Å²) in [5, 5.41) is 0. The molecular formula is C13H20O5. The summed E-state index contributed by atoms with van der Waals surface area (Å²) in [5.74, 6) is -0.233. The van der Waals surface area contributed by atoms with E-state index in [2.05, 4.69) is 0 Å². The summed E-state index contributed by atoms with van der Waals surface area (Å²) in [6.45, 7) is 1.09. The summed E-state index contributed by atoms with van der Waals surface area (Å²) in [4.78, 5) is 21.9. The zero-order chi connectivity index (χ0) is 12.8. The predicted octanol–water partition coefficient (Wildman–Crippen LogP) is 1.24. The Morgan fingerprint density at radius 2 is 2.22 bits per heavy atom. The number of unbranched alkanes of at least 4 members (excludes halogenated alkanes) is 1. The largest absolute Gasteiger partial charge is 0.464 e. The van der Waals surface area contributed by atoms with Crippen molar-refractivity contribution in [2.75, 3.05) is 13.2 Å². The van der Waals surface area contributed by atoms with E-state index in [0.29, 0.717) is 13.2 Å². The maximum atomic E-state index is 11.6. The average Bonchev–Trinajstić information content (AvgIpc) is 3.18. The highest BCUT2D eigenvalue weighted by atomic mass is 16.6. The van der Waals surface area contributed by atoms with E-state index in [1.807, 2.05) is 0 Å². The van der Waals surface area contributed by atoms with Gasteiger partial charge in [-0.1, -0.05) is 0 Å². The van der Waals surface area contributed by atoms with Gasteiger partial charge in [0.25, 0.3) is 0 Å². The Labute approximate surface area is 107 Å². The maximum absolute atomic E-state index is 11.6. The molecule has 0 spiro atoms. The van der Waals surface area contributed by atoms with Gasteiger partial charge in [-0.15, -0.1) is 0 Å². The van der Waals surface area contributed by atoms with Gasteiger partial charge in [0.05, 0.1) is 12.7 Å². The molecule has 0 bridgehead atoms. The Kier molecular flexibility index (Phi) is 5.13. The lowest BCUT2D eigenvalue weighted by Gasteiger charge is -2.20. The highest BCUT2D eigenvalue weighted by Crippen LogP contribution is 2.25. The van der Waals surface area contributed by atoms with Crippen molar-refractivity contribution in [3.63, 3.8) is 0 Å². The number of aldehydes is 1. The Hall–Kier alpha value is -0.940. The van der Waals surface area contributed by atoms with Crippen molar-refractivity contribution in [3.05, 3.63) is 0 Å². The molecule has 18 heavy (non-hydrogen) atoms. The molecule has 2 aliphatic rings. The van der Waals surface area contributed by atoms with Crippen molar-refractivity contribution in [1.82, 2.24) is 0 Å². The van der Waals surface area contributed by atoms with Crippen molar-refractivity contribution < 1.29 is 23.8 Å². The minimum absolute atomic E-state index is 0.0971. The van der Waals surface area contributed by atoms with Gasteiger partial charge in [0.2, 0.25) is 0 Å². The third-order valence-electron chi connectivity index (χ3n) is 3.33. The molecule has 5 heteroatoms. The number of carbonyl (C=O) groups is 2. The number of epoxide rings is 1.